The molecule has 1 amide bonds. The van der Waals surface area contributed by atoms with Gasteiger partial charge in [-0.1, -0.05) is 0 Å². The molecular weight excluding hydrogens is 330 g/mol. The topological polar surface area (TPSA) is 97.2 Å². The van der Waals surface area contributed by atoms with Crippen molar-refractivity contribution in [3.05, 3.63) is 30.0 Å². The fourth-order valence-electron chi connectivity index (χ4n) is 2.38. The molecule has 130 valence electrons. The van der Waals surface area contributed by atoms with Crippen LogP contribution in [0.2, 0.25) is 0 Å². The van der Waals surface area contributed by atoms with Gasteiger partial charge in [-0.15, -0.1) is 9.19 Å². The van der Waals surface area contributed by atoms with E-state index in [1.165, 1.54) is 31.2 Å². The van der Waals surface area contributed by atoms with E-state index in [1.807, 2.05) is 18.7 Å². The van der Waals surface area contributed by atoms with Crippen molar-refractivity contribution in [2.45, 2.75) is 32.6 Å². The summed E-state index contributed by atoms with van der Waals surface area (Å²) in [5.74, 6) is 0.243. The average molecular weight is 351 g/mol. The first-order chi connectivity index (χ1) is 11.3. The highest BCUT2D eigenvalue weighted by atomic mass is 32.2. The minimum atomic E-state index is -3.87. The Bertz CT molecular complexity index is 823. The number of hydrogen-bond acceptors (Lipinski definition) is 6. The molecule has 0 aliphatic rings. The highest BCUT2D eigenvalue weighted by Crippen LogP contribution is 2.24. The number of aryl methyl sites for hydroxylation is 1. The summed E-state index contributed by atoms with van der Waals surface area (Å²) in [6.07, 6.45) is 0. The number of anilines is 2. The van der Waals surface area contributed by atoms with Gasteiger partial charge in [0, 0.05) is 25.7 Å². The molecule has 0 spiro atoms. The Morgan fingerprint density at radius 2 is 1.79 bits per heavy atom. The lowest BCUT2D eigenvalue weighted by molar-refractivity contribution is -0.114. The molecule has 8 nitrogen and oxygen atoms in total. The molecule has 0 aliphatic heterocycles. The molecule has 24 heavy (non-hydrogen) atoms. The summed E-state index contributed by atoms with van der Waals surface area (Å²) >= 11 is 0. The Morgan fingerprint density at radius 1 is 1.21 bits per heavy atom. The summed E-state index contributed by atoms with van der Waals surface area (Å²) in [6, 6.07) is 5.94. The molecular formula is C15H21N5O3S. The van der Waals surface area contributed by atoms with Gasteiger partial charge in [0.15, 0.2) is 5.82 Å². The fraction of sp³-hybridized carbons (Fsp3) is 0.400. The Balaban J connectivity index is 2.46. The smallest absolute Gasteiger partial charge is 0.286 e. The summed E-state index contributed by atoms with van der Waals surface area (Å²) in [4.78, 5) is 13.0. The average Bonchev–Trinajstić information content (AvgIpc) is 2.91. The second kappa shape index (κ2) is 7.00. The van der Waals surface area contributed by atoms with Crippen LogP contribution in [0.4, 0.5) is 11.5 Å². The minimum Gasteiger partial charge on any atom is -0.355 e. The van der Waals surface area contributed by atoms with Crippen molar-refractivity contribution in [1.82, 2.24) is 14.4 Å². The van der Waals surface area contributed by atoms with Gasteiger partial charge in [-0.3, -0.25) is 4.79 Å². The van der Waals surface area contributed by atoms with Crippen LogP contribution >= 0.6 is 0 Å². The Morgan fingerprint density at radius 3 is 2.29 bits per heavy atom. The van der Waals surface area contributed by atoms with Crippen molar-refractivity contribution in [3.63, 3.8) is 0 Å². The monoisotopic (exact) mass is 351 g/mol. The molecule has 0 radical (unpaired) electrons. The van der Waals surface area contributed by atoms with Crippen LogP contribution in [0.25, 0.3) is 0 Å². The van der Waals surface area contributed by atoms with E-state index in [0.29, 0.717) is 30.3 Å². The van der Waals surface area contributed by atoms with Crippen LogP contribution in [-0.4, -0.2) is 41.8 Å². The minimum absolute atomic E-state index is 0.0786. The van der Waals surface area contributed by atoms with Crippen LogP contribution < -0.4 is 10.2 Å². The highest BCUT2D eigenvalue weighted by Gasteiger charge is 2.26. The molecule has 2 aromatic rings. The molecule has 0 aliphatic carbocycles. The third-order valence-electron chi connectivity index (χ3n) is 3.54. The van der Waals surface area contributed by atoms with Crippen molar-refractivity contribution >= 4 is 27.4 Å². The zero-order valence-electron chi connectivity index (χ0n) is 14.1. The summed E-state index contributed by atoms with van der Waals surface area (Å²) in [5, 5.41) is 10.3. The van der Waals surface area contributed by atoms with E-state index in [9.17, 15) is 13.2 Å². The fourth-order valence-corrected chi connectivity index (χ4v) is 3.67. The quantitative estimate of drug-likeness (QED) is 0.849. The number of carbonyl (C=O) groups excluding carboxylic acids is 1. The second-order valence-corrected chi connectivity index (χ2v) is 6.99. The van der Waals surface area contributed by atoms with Gasteiger partial charge in [0.1, 0.15) is 5.69 Å². The summed E-state index contributed by atoms with van der Waals surface area (Å²) in [5.41, 5.74) is 1.08. The third-order valence-corrected chi connectivity index (χ3v) is 5.11. The van der Waals surface area contributed by atoms with Gasteiger partial charge in [0.2, 0.25) is 5.91 Å². The first-order valence-electron chi connectivity index (χ1n) is 7.61. The molecule has 1 heterocycles. The summed E-state index contributed by atoms with van der Waals surface area (Å²) in [7, 11) is -3.87. The lowest BCUT2D eigenvalue weighted by Crippen LogP contribution is -2.28. The van der Waals surface area contributed by atoms with Crippen molar-refractivity contribution in [3.8, 4) is 0 Å². The number of aromatic nitrogens is 3. The van der Waals surface area contributed by atoms with E-state index in [-0.39, 0.29) is 10.8 Å². The molecule has 0 saturated heterocycles. The Kier molecular flexibility index (Phi) is 5.23. The lowest BCUT2D eigenvalue weighted by atomic mass is 10.3. The van der Waals surface area contributed by atoms with Crippen LogP contribution in [0.5, 0.6) is 0 Å². The number of benzene rings is 1. The van der Waals surface area contributed by atoms with Crippen LogP contribution in [-0.2, 0) is 14.8 Å². The van der Waals surface area contributed by atoms with E-state index in [2.05, 4.69) is 15.6 Å². The number of amides is 1. The second-order valence-electron chi connectivity index (χ2n) is 5.22. The molecule has 0 bridgehead atoms. The molecule has 0 atom stereocenters. The Hall–Kier alpha value is -2.42. The maximum atomic E-state index is 12.9. The third kappa shape index (κ3) is 3.40. The molecule has 0 saturated carbocycles. The summed E-state index contributed by atoms with van der Waals surface area (Å²) < 4.78 is 26.7. The van der Waals surface area contributed by atoms with Crippen LogP contribution in [0.3, 0.4) is 0 Å². The van der Waals surface area contributed by atoms with E-state index in [4.69, 9.17) is 0 Å². The molecule has 0 unspecified atom stereocenters. The Labute approximate surface area is 141 Å². The van der Waals surface area contributed by atoms with Gasteiger partial charge >= 0.3 is 0 Å². The largest absolute Gasteiger partial charge is 0.355 e. The van der Waals surface area contributed by atoms with E-state index >= 15 is 0 Å². The maximum Gasteiger partial charge on any atom is 0.286 e. The van der Waals surface area contributed by atoms with E-state index < -0.39 is 10.0 Å². The number of nitrogens with one attached hydrogen (secondary N) is 1. The number of carbonyl (C=O) groups is 1. The first kappa shape index (κ1) is 17.9. The first-order valence-corrected chi connectivity index (χ1v) is 9.05. The lowest BCUT2D eigenvalue weighted by Gasteiger charge is -2.21. The van der Waals surface area contributed by atoms with Gasteiger partial charge in [-0.05, 0) is 50.3 Å². The molecule has 1 N–H and O–H groups in total. The molecule has 2 rings (SSSR count). The van der Waals surface area contributed by atoms with Crippen molar-refractivity contribution < 1.29 is 13.2 Å². The number of hydrogen-bond donors (Lipinski definition) is 1. The van der Waals surface area contributed by atoms with Crippen LogP contribution in [0.15, 0.2) is 29.2 Å². The molecule has 1 aromatic carbocycles. The summed E-state index contributed by atoms with van der Waals surface area (Å²) in [6.45, 7) is 8.28. The van der Waals surface area contributed by atoms with E-state index in [1.54, 1.807) is 6.92 Å². The predicted molar refractivity (Wildman–Crippen MR) is 91.6 cm³/mol. The zero-order valence-corrected chi connectivity index (χ0v) is 15.0. The van der Waals surface area contributed by atoms with Gasteiger partial charge in [0.05, 0.1) is 4.90 Å². The van der Waals surface area contributed by atoms with Gasteiger partial charge in [0.25, 0.3) is 10.0 Å². The van der Waals surface area contributed by atoms with Crippen LogP contribution in [0, 0.1) is 6.92 Å². The molecule has 9 heteroatoms. The van der Waals surface area contributed by atoms with Crippen molar-refractivity contribution in [2.24, 2.45) is 0 Å². The SMILES string of the molecule is CCN(CC)c1c(C)nnn1S(=O)(=O)c1ccc(NC(C)=O)cc1. The number of nitrogens with zero attached hydrogens (tertiary/aromatic N) is 4. The number of rotatable bonds is 6. The van der Waals surface area contributed by atoms with Gasteiger partial charge in [-0.25, -0.2) is 0 Å². The normalized spacial score (nSPS) is 11.3. The van der Waals surface area contributed by atoms with Crippen molar-refractivity contribution in [1.29, 1.82) is 0 Å². The standard InChI is InChI=1S/C15H21N5O3S/c1-5-19(6-2)15-11(3)17-18-20(15)24(22,23)14-9-7-13(8-10-14)16-12(4)21/h7-10H,5-6H2,1-4H3,(H,16,21). The molecule has 0 fully saturated rings. The predicted octanol–water partition coefficient (Wildman–Crippen LogP) is 1.63. The maximum absolute atomic E-state index is 12.9. The zero-order chi connectivity index (χ0) is 17.9. The molecule has 1 aromatic heterocycles. The highest BCUT2D eigenvalue weighted by molar-refractivity contribution is 7.90. The van der Waals surface area contributed by atoms with Gasteiger partial charge < -0.3 is 10.2 Å². The van der Waals surface area contributed by atoms with Crippen LogP contribution in [0.1, 0.15) is 26.5 Å². The van der Waals surface area contributed by atoms with E-state index in [0.717, 1.165) is 4.09 Å². The van der Waals surface area contributed by atoms with Gasteiger partial charge in [-0.2, -0.15) is 8.42 Å². The van der Waals surface area contributed by atoms with Crippen molar-refractivity contribution in [2.75, 3.05) is 23.3 Å².